The molecule has 1 N–H and O–H groups in total. The number of nitro groups is 1. The molecule has 0 saturated carbocycles. The Balaban J connectivity index is 2.29. The Morgan fingerprint density at radius 3 is 2.89 bits per heavy atom. The third kappa shape index (κ3) is 2.54. The summed E-state index contributed by atoms with van der Waals surface area (Å²) >= 11 is 3.21. The Morgan fingerprint density at radius 2 is 2.28 bits per heavy atom. The molecule has 2 aromatic rings. The maximum absolute atomic E-state index is 10.8. The van der Waals surface area contributed by atoms with Gasteiger partial charge in [-0.3, -0.25) is 10.1 Å². The number of nitrogens with zero attached hydrogens (tertiary/aromatic N) is 4. The minimum Gasteiger partial charge on any atom is -0.390 e. The molecule has 1 aromatic carbocycles. The average molecular weight is 313 g/mol. The fraction of sp³-hybridized carbons (Fsp3) is 0.200. The summed E-state index contributed by atoms with van der Waals surface area (Å²) in [6.07, 6.45) is 1.59. The van der Waals surface area contributed by atoms with Gasteiger partial charge in [0.1, 0.15) is 10.2 Å². The van der Waals surface area contributed by atoms with E-state index in [0.29, 0.717) is 16.7 Å². The van der Waals surface area contributed by atoms with Crippen LogP contribution in [-0.2, 0) is 13.2 Å². The van der Waals surface area contributed by atoms with Crippen molar-refractivity contribution < 1.29 is 10.0 Å². The smallest absolute Gasteiger partial charge is 0.283 e. The number of halogens is 1. The number of aliphatic hydroxyl groups is 1. The highest BCUT2D eigenvalue weighted by Gasteiger charge is 2.15. The summed E-state index contributed by atoms with van der Waals surface area (Å²) in [5.41, 5.74) is 1.19. The summed E-state index contributed by atoms with van der Waals surface area (Å²) in [6, 6.07) is 4.80. The van der Waals surface area contributed by atoms with Crippen molar-refractivity contribution in [3.05, 3.63) is 50.2 Å². The first-order valence-electron chi connectivity index (χ1n) is 5.03. The fourth-order valence-electron chi connectivity index (χ4n) is 1.49. The van der Waals surface area contributed by atoms with Crippen molar-refractivity contribution in [3.8, 4) is 0 Å². The molecule has 0 bridgehead atoms. The topological polar surface area (TPSA) is 94.1 Å². The first kappa shape index (κ1) is 12.7. The van der Waals surface area contributed by atoms with Gasteiger partial charge in [0.05, 0.1) is 24.3 Å². The normalized spacial score (nSPS) is 10.6. The standard InChI is InChI=1S/C10H9BrN4O3/c11-10-7(2-1-3-9(10)15(17)18)4-14-5-8(6-16)12-13-14/h1-3,5,16H,4,6H2. The molecule has 1 heterocycles. The zero-order chi connectivity index (χ0) is 13.1. The molecule has 8 heteroatoms. The zero-order valence-corrected chi connectivity index (χ0v) is 10.7. The Labute approximate surface area is 110 Å². The summed E-state index contributed by atoms with van der Waals surface area (Å²) in [6.45, 7) is 0.158. The fourth-order valence-corrected chi connectivity index (χ4v) is 2.03. The Kier molecular flexibility index (Phi) is 3.68. The lowest BCUT2D eigenvalue weighted by atomic mass is 10.2. The highest BCUT2D eigenvalue weighted by Crippen LogP contribution is 2.28. The van der Waals surface area contributed by atoms with Gasteiger partial charge < -0.3 is 5.11 Å². The highest BCUT2D eigenvalue weighted by molar-refractivity contribution is 9.10. The molecule has 2 rings (SSSR count). The number of aliphatic hydroxyl groups excluding tert-OH is 1. The van der Waals surface area contributed by atoms with Gasteiger partial charge in [0.2, 0.25) is 0 Å². The quantitative estimate of drug-likeness (QED) is 0.682. The second-order valence-electron chi connectivity index (χ2n) is 3.57. The summed E-state index contributed by atoms with van der Waals surface area (Å²) in [7, 11) is 0. The van der Waals surface area contributed by atoms with Crippen molar-refractivity contribution in [2.24, 2.45) is 0 Å². The van der Waals surface area contributed by atoms with E-state index in [1.54, 1.807) is 18.3 Å². The molecule has 0 atom stereocenters. The van der Waals surface area contributed by atoms with E-state index in [0.717, 1.165) is 5.56 Å². The van der Waals surface area contributed by atoms with Gasteiger partial charge in [-0.2, -0.15) is 0 Å². The number of benzene rings is 1. The Hall–Kier alpha value is -1.80. The molecule has 0 spiro atoms. The first-order valence-corrected chi connectivity index (χ1v) is 5.82. The highest BCUT2D eigenvalue weighted by atomic mass is 79.9. The second kappa shape index (κ2) is 5.23. The van der Waals surface area contributed by atoms with E-state index in [9.17, 15) is 10.1 Å². The lowest BCUT2D eigenvalue weighted by molar-refractivity contribution is -0.385. The van der Waals surface area contributed by atoms with Crippen LogP contribution in [-0.4, -0.2) is 25.0 Å². The third-order valence-corrected chi connectivity index (χ3v) is 3.25. The first-order chi connectivity index (χ1) is 8.61. The van der Waals surface area contributed by atoms with Gasteiger partial charge in [-0.15, -0.1) is 5.10 Å². The lowest BCUT2D eigenvalue weighted by Gasteiger charge is -2.04. The van der Waals surface area contributed by atoms with Crippen molar-refractivity contribution in [3.63, 3.8) is 0 Å². The van der Waals surface area contributed by atoms with E-state index in [1.807, 2.05) is 0 Å². The Bertz CT molecular complexity index is 584. The van der Waals surface area contributed by atoms with E-state index in [2.05, 4.69) is 26.2 Å². The molecular formula is C10H9BrN4O3. The lowest BCUT2D eigenvalue weighted by Crippen LogP contribution is -2.02. The molecule has 7 nitrogen and oxygen atoms in total. The van der Waals surface area contributed by atoms with Crippen LogP contribution >= 0.6 is 15.9 Å². The summed E-state index contributed by atoms with van der Waals surface area (Å²) in [5.74, 6) is 0. The molecule has 0 aliphatic heterocycles. The number of aromatic nitrogens is 3. The molecule has 0 radical (unpaired) electrons. The predicted octanol–water partition coefficient (Wildman–Crippen LogP) is 1.49. The van der Waals surface area contributed by atoms with Crippen molar-refractivity contribution in [2.45, 2.75) is 13.2 Å². The van der Waals surface area contributed by atoms with Gasteiger partial charge in [0.25, 0.3) is 5.69 Å². The largest absolute Gasteiger partial charge is 0.390 e. The maximum Gasteiger partial charge on any atom is 0.283 e. The van der Waals surface area contributed by atoms with Gasteiger partial charge in [0.15, 0.2) is 0 Å². The number of rotatable bonds is 4. The maximum atomic E-state index is 10.8. The minimum absolute atomic E-state index is 0.00926. The van der Waals surface area contributed by atoms with Crippen molar-refractivity contribution in [2.75, 3.05) is 0 Å². The SMILES string of the molecule is O=[N+]([O-])c1cccc(Cn2cc(CO)nn2)c1Br. The monoisotopic (exact) mass is 312 g/mol. The molecule has 0 amide bonds. The van der Waals surface area contributed by atoms with Gasteiger partial charge in [-0.05, 0) is 21.5 Å². The van der Waals surface area contributed by atoms with Crippen LogP contribution in [0.3, 0.4) is 0 Å². The van der Waals surface area contributed by atoms with Crippen LogP contribution in [0.25, 0.3) is 0 Å². The molecule has 0 aliphatic carbocycles. The predicted molar refractivity (Wildman–Crippen MR) is 65.8 cm³/mol. The van der Waals surface area contributed by atoms with Crippen LogP contribution in [0.2, 0.25) is 0 Å². The summed E-state index contributed by atoms with van der Waals surface area (Å²) < 4.78 is 1.94. The van der Waals surface area contributed by atoms with E-state index in [1.165, 1.54) is 10.7 Å². The van der Waals surface area contributed by atoms with Gasteiger partial charge in [-0.1, -0.05) is 17.3 Å². The molecule has 1 aromatic heterocycles. The van der Waals surface area contributed by atoms with Crippen LogP contribution in [0.5, 0.6) is 0 Å². The van der Waals surface area contributed by atoms with Crippen LogP contribution in [0.1, 0.15) is 11.3 Å². The molecule has 94 valence electrons. The van der Waals surface area contributed by atoms with Crippen LogP contribution in [0.4, 0.5) is 5.69 Å². The van der Waals surface area contributed by atoms with Crippen LogP contribution in [0, 0.1) is 10.1 Å². The van der Waals surface area contributed by atoms with E-state index >= 15 is 0 Å². The molecule has 0 saturated heterocycles. The van der Waals surface area contributed by atoms with E-state index in [-0.39, 0.29) is 12.3 Å². The minimum atomic E-state index is -0.450. The van der Waals surface area contributed by atoms with Crippen LogP contribution in [0.15, 0.2) is 28.9 Å². The summed E-state index contributed by atoms with van der Waals surface area (Å²) in [5, 5.41) is 27.2. The van der Waals surface area contributed by atoms with Crippen molar-refractivity contribution in [1.29, 1.82) is 0 Å². The van der Waals surface area contributed by atoms with Gasteiger partial charge in [-0.25, -0.2) is 4.68 Å². The van der Waals surface area contributed by atoms with E-state index in [4.69, 9.17) is 5.11 Å². The molecular weight excluding hydrogens is 304 g/mol. The molecule has 0 aliphatic rings. The second-order valence-corrected chi connectivity index (χ2v) is 4.37. The van der Waals surface area contributed by atoms with Crippen molar-refractivity contribution in [1.82, 2.24) is 15.0 Å². The van der Waals surface area contributed by atoms with E-state index < -0.39 is 4.92 Å². The zero-order valence-electron chi connectivity index (χ0n) is 9.15. The number of hydrogen-bond donors (Lipinski definition) is 1. The van der Waals surface area contributed by atoms with Gasteiger partial charge in [0, 0.05) is 6.07 Å². The molecule has 0 unspecified atom stereocenters. The Morgan fingerprint density at radius 1 is 1.50 bits per heavy atom. The van der Waals surface area contributed by atoms with Crippen molar-refractivity contribution >= 4 is 21.6 Å². The summed E-state index contributed by atoms with van der Waals surface area (Å²) in [4.78, 5) is 10.3. The molecule has 18 heavy (non-hydrogen) atoms. The molecule has 0 fully saturated rings. The average Bonchev–Trinajstić information content (AvgIpc) is 2.79. The van der Waals surface area contributed by atoms with Gasteiger partial charge >= 0.3 is 0 Å². The third-order valence-electron chi connectivity index (χ3n) is 2.34. The number of hydrogen-bond acceptors (Lipinski definition) is 5. The number of nitro benzene ring substituents is 1. The van der Waals surface area contributed by atoms with Crippen LogP contribution < -0.4 is 0 Å².